The maximum absolute atomic E-state index is 12.7. The highest BCUT2D eigenvalue weighted by atomic mass is 32.2. The molecule has 2 amide bonds. The van der Waals surface area contributed by atoms with Gasteiger partial charge in [-0.1, -0.05) is 42.8 Å². The van der Waals surface area contributed by atoms with E-state index in [0.29, 0.717) is 22.4 Å². The third-order valence-corrected chi connectivity index (χ3v) is 6.86. The first kappa shape index (κ1) is 20.6. The Bertz CT molecular complexity index is 1140. The Morgan fingerprint density at radius 1 is 0.938 bits per heavy atom. The van der Waals surface area contributed by atoms with Crippen molar-refractivity contribution in [3.05, 3.63) is 60.2 Å². The van der Waals surface area contributed by atoms with Gasteiger partial charge in [-0.05, 0) is 49.2 Å². The van der Waals surface area contributed by atoms with Gasteiger partial charge in [0, 0.05) is 11.1 Å². The molecule has 2 fully saturated rings. The summed E-state index contributed by atoms with van der Waals surface area (Å²) in [5, 5.41) is 8.33. The van der Waals surface area contributed by atoms with E-state index in [-0.39, 0.29) is 35.2 Å². The number of nitrogens with zero attached hydrogens (tertiary/aromatic N) is 3. The van der Waals surface area contributed by atoms with Crippen LogP contribution in [0, 0.1) is 11.8 Å². The Kier molecular flexibility index (Phi) is 5.61. The Morgan fingerprint density at radius 2 is 1.59 bits per heavy atom. The average molecular weight is 448 g/mol. The molecule has 1 aliphatic heterocycles. The molecule has 162 valence electrons. The summed E-state index contributed by atoms with van der Waals surface area (Å²) in [5.74, 6) is -0.158. The number of hydrogen-bond donors (Lipinski definition) is 0. The Balaban J connectivity index is 1.23. The Hall–Kier alpha value is -3.26. The van der Waals surface area contributed by atoms with Crippen molar-refractivity contribution in [1.29, 1.82) is 0 Å². The molecule has 1 saturated carbocycles. The fourth-order valence-electron chi connectivity index (χ4n) is 4.39. The molecule has 1 aromatic heterocycles. The summed E-state index contributed by atoms with van der Waals surface area (Å²) in [6.07, 6.45) is 3.54. The number of amides is 2. The summed E-state index contributed by atoms with van der Waals surface area (Å²) >= 11 is 1.17. The number of fused-ring (bicyclic) bond motifs is 1. The van der Waals surface area contributed by atoms with E-state index in [1.165, 1.54) is 16.7 Å². The van der Waals surface area contributed by atoms with E-state index < -0.39 is 0 Å². The number of thioether (sulfide) groups is 1. The molecule has 0 bridgehead atoms. The van der Waals surface area contributed by atoms with E-state index in [1.807, 2.05) is 30.3 Å². The van der Waals surface area contributed by atoms with E-state index in [1.54, 1.807) is 24.3 Å². The number of Topliss-reactive ketones (excluding diaryl/α,β-unsaturated/α-hetero) is 1. The van der Waals surface area contributed by atoms with Gasteiger partial charge in [0.2, 0.25) is 17.7 Å². The third kappa shape index (κ3) is 3.86. The molecule has 2 atom stereocenters. The highest BCUT2D eigenvalue weighted by molar-refractivity contribution is 7.99. The predicted octanol–water partition coefficient (Wildman–Crippen LogP) is 4.39. The van der Waals surface area contributed by atoms with Crippen LogP contribution < -0.4 is 4.90 Å². The van der Waals surface area contributed by atoms with Crippen molar-refractivity contribution in [2.75, 3.05) is 10.7 Å². The van der Waals surface area contributed by atoms with Gasteiger partial charge >= 0.3 is 0 Å². The van der Waals surface area contributed by atoms with E-state index in [0.717, 1.165) is 31.2 Å². The predicted molar refractivity (Wildman–Crippen MR) is 119 cm³/mol. The van der Waals surface area contributed by atoms with Crippen LogP contribution in [-0.2, 0) is 9.59 Å². The van der Waals surface area contributed by atoms with Crippen LogP contribution in [0.4, 0.5) is 5.69 Å². The second-order valence-electron chi connectivity index (χ2n) is 8.01. The normalized spacial score (nSPS) is 20.4. The lowest BCUT2D eigenvalue weighted by atomic mass is 9.81. The van der Waals surface area contributed by atoms with Gasteiger partial charge in [-0.3, -0.25) is 19.3 Å². The molecule has 1 saturated heterocycles. The molecule has 2 aromatic carbocycles. The minimum absolute atomic E-state index is 0.103. The molecule has 1 aliphatic carbocycles. The van der Waals surface area contributed by atoms with E-state index in [4.69, 9.17) is 4.42 Å². The summed E-state index contributed by atoms with van der Waals surface area (Å²) in [6, 6.07) is 16.1. The number of anilines is 1. The Labute approximate surface area is 189 Å². The van der Waals surface area contributed by atoms with Crippen molar-refractivity contribution in [3.8, 4) is 11.5 Å². The van der Waals surface area contributed by atoms with Crippen LogP contribution in [-0.4, -0.2) is 33.5 Å². The standard InChI is InChI=1S/C24H21N3O4S/c28-20(14-32-24-26-25-21(31-24)16-6-2-1-3-7-16)15-10-12-17(13-11-15)27-22(29)18-8-4-5-9-19(18)23(27)30/h1-3,6-7,10-13,18-19H,4-5,8-9,14H2. The highest BCUT2D eigenvalue weighted by Crippen LogP contribution is 2.40. The second kappa shape index (κ2) is 8.70. The van der Waals surface area contributed by atoms with Crippen molar-refractivity contribution >= 4 is 35.0 Å². The minimum atomic E-state index is -0.191. The third-order valence-electron chi connectivity index (χ3n) is 6.04. The quantitative estimate of drug-likeness (QED) is 0.314. The van der Waals surface area contributed by atoms with Crippen molar-refractivity contribution in [2.24, 2.45) is 11.8 Å². The molecule has 32 heavy (non-hydrogen) atoms. The topological polar surface area (TPSA) is 93.4 Å². The fourth-order valence-corrected chi connectivity index (χ4v) is 5.05. The van der Waals surface area contributed by atoms with Gasteiger partial charge in [-0.25, -0.2) is 0 Å². The number of ketones is 1. The zero-order valence-electron chi connectivity index (χ0n) is 17.3. The summed E-state index contributed by atoms with van der Waals surface area (Å²) < 4.78 is 5.62. The molecular weight excluding hydrogens is 426 g/mol. The molecule has 3 aromatic rings. The summed E-state index contributed by atoms with van der Waals surface area (Å²) in [4.78, 5) is 39.4. The maximum Gasteiger partial charge on any atom is 0.277 e. The van der Waals surface area contributed by atoms with E-state index in [2.05, 4.69) is 10.2 Å². The van der Waals surface area contributed by atoms with Gasteiger partial charge in [0.1, 0.15) is 0 Å². The SMILES string of the molecule is O=C(CSc1nnc(-c2ccccc2)o1)c1ccc(N2C(=O)C3CCCCC3C2=O)cc1. The molecule has 5 rings (SSSR count). The van der Waals surface area contributed by atoms with E-state index in [9.17, 15) is 14.4 Å². The molecule has 0 spiro atoms. The average Bonchev–Trinajstić information content (AvgIpc) is 3.41. The van der Waals surface area contributed by atoms with Crippen LogP contribution >= 0.6 is 11.8 Å². The summed E-state index contributed by atoms with van der Waals surface area (Å²) in [5.41, 5.74) is 1.85. The van der Waals surface area contributed by atoms with Crippen molar-refractivity contribution in [3.63, 3.8) is 0 Å². The number of rotatable bonds is 6. The van der Waals surface area contributed by atoms with Crippen molar-refractivity contribution in [1.82, 2.24) is 10.2 Å². The van der Waals surface area contributed by atoms with Crippen LogP contribution in [0.3, 0.4) is 0 Å². The summed E-state index contributed by atoms with van der Waals surface area (Å²) in [6.45, 7) is 0. The van der Waals surface area contributed by atoms with Gasteiger partial charge in [0.15, 0.2) is 5.78 Å². The van der Waals surface area contributed by atoms with Crippen LogP contribution in [0.25, 0.3) is 11.5 Å². The zero-order chi connectivity index (χ0) is 22.1. The van der Waals surface area contributed by atoms with Crippen LogP contribution in [0.1, 0.15) is 36.0 Å². The number of benzene rings is 2. The first-order valence-corrected chi connectivity index (χ1v) is 11.6. The first-order chi connectivity index (χ1) is 15.6. The fraction of sp³-hybridized carbons (Fsp3) is 0.292. The zero-order valence-corrected chi connectivity index (χ0v) is 18.1. The number of carbonyl (C=O) groups is 3. The van der Waals surface area contributed by atoms with Gasteiger partial charge in [-0.15, -0.1) is 10.2 Å². The molecule has 7 nitrogen and oxygen atoms in total. The largest absolute Gasteiger partial charge is 0.411 e. The Morgan fingerprint density at radius 3 is 2.25 bits per heavy atom. The summed E-state index contributed by atoms with van der Waals surface area (Å²) in [7, 11) is 0. The van der Waals surface area contributed by atoms with Gasteiger partial charge in [0.25, 0.3) is 5.22 Å². The minimum Gasteiger partial charge on any atom is -0.411 e. The lowest BCUT2D eigenvalue weighted by Gasteiger charge is -2.19. The van der Waals surface area contributed by atoms with Crippen molar-refractivity contribution in [2.45, 2.75) is 30.9 Å². The molecular formula is C24H21N3O4S. The first-order valence-electron chi connectivity index (χ1n) is 10.6. The molecule has 0 radical (unpaired) electrons. The molecule has 8 heteroatoms. The van der Waals surface area contributed by atoms with Gasteiger partial charge in [0.05, 0.1) is 23.3 Å². The lowest BCUT2D eigenvalue weighted by Crippen LogP contribution is -2.30. The second-order valence-corrected chi connectivity index (χ2v) is 8.93. The molecule has 2 aliphatic rings. The number of hydrogen-bond acceptors (Lipinski definition) is 7. The number of aromatic nitrogens is 2. The number of carbonyl (C=O) groups excluding carboxylic acids is 3. The molecule has 2 heterocycles. The smallest absolute Gasteiger partial charge is 0.277 e. The lowest BCUT2D eigenvalue weighted by molar-refractivity contribution is -0.122. The molecule has 0 N–H and O–H groups in total. The van der Waals surface area contributed by atoms with Gasteiger partial charge in [-0.2, -0.15) is 0 Å². The number of imide groups is 1. The van der Waals surface area contributed by atoms with E-state index >= 15 is 0 Å². The van der Waals surface area contributed by atoms with Crippen LogP contribution in [0.2, 0.25) is 0 Å². The monoisotopic (exact) mass is 447 g/mol. The van der Waals surface area contributed by atoms with Crippen LogP contribution in [0.5, 0.6) is 0 Å². The molecule has 2 unspecified atom stereocenters. The maximum atomic E-state index is 12.7. The van der Waals surface area contributed by atoms with Gasteiger partial charge < -0.3 is 4.42 Å². The van der Waals surface area contributed by atoms with Crippen molar-refractivity contribution < 1.29 is 18.8 Å². The van der Waals surface area contributed by atoms with Crippen LogP contribution in [0.15, 0.2) is 64.2 Å². The highest BCUT2D eigenvalue weighted by Gasteiger charge is 2.48.